The third-order valence-electron chi connectivity index (χ3n) is 4.20. The number of nitrogens with one attached hydrogen (secondary N) is 1. The van der Waals surface area contributed by atoms with Crippen LogP contribution in [-0.2, 0) is 4.79 Å². The fourth-order valence-corrected chi connectivity index (χ4v) is 3.71. The molecule has 2 aliphatic rings. The third-order valence-corrected chi connectivity index (χ3v) is 5.24. The lowest BCUT2D eigenvalue weighted by Crippen LogP contribution is -2.47. The molecule has 1 aliphatic carbocycles. The molecule has 122 valence electrons. The third kappa shape index (κ3) is 2.55. The summed E-state index contributed by atoms with van der Waals surface area (Å²) < 4.78 is 0. The average molecular weight is 373 g/mol. The Morgan fingerprint density at radius 3 is 2.70 bits per heavy atom. The van der Waals surface area contributed by atoms with Crippen molar-refractivity contribution < 1.29 is 15.0 Å². The first kappa shape index (κ1) is 16.4. The van der Waals surface area contributed by atoms with E-state index in [4.69, 9.17) is 35.4 Å². The molecule has 1 heterocycles. The molecule has 1 atom stereocenters. The summed E-state index contributed by atoms with van der Waals surface area (Å²) in [6.07, 6.45) is 1.94. The molecule has 23 heavy (non-hydrogen) atoms. The number of phenols is 2. The molecule has 1 aliphatic heterocycles. The largest absolute Gasteiger partial charge is 0.506 e. The number of carbonyl (C=O) groups is 1. The van der Waals surface area contributed by atoms with Gasteiger partial charge >= 0.3 is 0 Å². The Balaban J connectivity index is 2.21. The number of thiocarbonyl (C=S) groups is 1. The number of hydrogen-bond donors (Lipinski definition) is 3. The Hall–Kier alpha value is -1.50. The van der Waals surface area contributed by atoms with Gasteiger partial charge in [0.05, 0.1) is 11.1 Å². The SMILES string of the molecule is CN1C(=S)NC(c2cc(Cl)c(O)c(Cl)c2O)C2=C1CCCC2=O. The molecule has 3 rings (SSSR count). The second kappa shape index (κ2) is 5.85. The Morgan fingerprint density at radius 1 is 1.30 bits per heavy atom. The van der Waals surface area contributed by atoms with E-state index in [0.29, 0.717) is 22.7 Å². The Kier molecular flexibility index (Phi) is 4.16. The fraction of sp³-hybridized carbons (Fsp3) is 0.333. The Labute approximate surface area is 148 Å². The van der Waals surface area contributed by atoms with Crippen LogP contribution in [0.3, 0.4) is 0 Å². The van der Waals surface area contributed by atoms with Gasteiger partial charge in [-0.1, -0.05) is 23.2 Å². The lowest BCUT2D eigenvalue weighted by molar-refractivity contribution is -0.116. The highest BCUT2D eigenvalue weighted by Gasteiger charge is 2.37. The zero-order valence-corrected chi connectivity index (χ0v) is 14.5. The molecular weight excluding hydrogens is 359 g/mol. The van der Waals surface area contributed by atoms with Gasteiger partial charge in [-0.2, -0.15) is 0 Å². The molecule has 5 nitrogen and oxygen atoms in total. The Morgan fingerprint density at radius 2 is 2.00 bits per heavy atom. The standard InChI is InChI=1S/C15H14Cl2N2O3S/c1-19-8-3-2-4-9(20)10(8)12(18-15(19)23)6-5-7(16)14(22)11(17)13(6)21/h5,12,21-22H,2-4H2,1H3,(H,18,23). The predicted octanol–water partition coefficient (Wildman–Crippen LogP) is 3.27. The quantitative estimate of drug-likeness (QED) is 0.657. The van der Waals surface area contributed by atoms with E-state index in [1.54, 1.807) is 11.9 Å². The van der Waals surface area contributed by atoms with Crippen LogP contribution in [0.15, 0.2) is 17.3 Å². The van der Waals surface area contributed by atoms with Crippen LogP contribution in [-0.4, -0.2) is 33.1 Å². The molecule has 3 N–H and O–H groups in total. The van der Waals surface area contributed by atoms with Crippen LogP contribution in [0.2, 0.25) is 10.0 Å². The molecular formula is C15H14Cl2N2O3S. The van der Waals surface area contributed by atoms with E-state index in [1.165, 1.54) is 6.07 Å². The smallest absolute Gasteiger partial charge is 0.173 e. The summed E-state index contributed by atoms with van der Waals surface area (Å²) in [5, 5.41) is 23.3. The summed E-state index contributed by atoms with van der Waals surface area (Å²) >= 11 is 17.2. The van der Waals surface area contributed by atoms with Crippen LogP contribution in [0.25, 0.3) is 0 Å². The summed E-state index contributed by atoms with van der Waals surface area (Å²) in [6, 6.07) is 0.757. The van der Waals surface area contributed by atoms with Crippen LogP contribution >= 0.6 is 35.4 Å². The zero-order valence-electron chi connectivity index (χ0n) is 12.2. The topological polar surface area (TPSA) is 72.8 Å². The molecule has 0 radical (unpaired) electrons. The van der Waals surface area contributed by atoms with Crippen molar-refractivity contribution in [1.82, 2.24) is 10.2 Å². The molecule has 8 heteroatoms. The van der Waals surface area contributed by atoms with Gasteiger partial charge in [0.2, 0.25) is 0 Å². The van der Waals surface area contributed by atoms with Crippen molar-refractivity contribution in [3.05, 3.63) is 32.9 Å². The average Bonchev–Trinajstić information content (AvgIpc) is 2.52. The van der Waals surface area contributed by atoms with Crippen molar-refractivity contribution in [2.75, 3.05) is 7.05 Å². The maximum absolute atomic E-state index is 12.4. The number of phenolic OH excluding ortho intramolecular Hbond substituents is 2. The van der Waals surface area contributed by atoms with Gasteiger partial charge in [0, 0.05) is 30.3 Å². The molecule has 0 saturated heterocycles. The van der Waals surface area contributed by atoms with E-state index in [-0.39, 0.29) is 21.6 Å². The molecule has 1 unspecified atom stereocenters. The first-order chi connectivity index (χ1) is 10.8. The summed E-state index contributed by atoms with van der Waals surface area (Å²) in [4.78, 5) is 14.2. The van der Waals surface area contributed by atoms with Crippen LogP contribution in [0.5, 0.6) is 11.5 Å². The molecule has 0 aromatic heterocycles. The summed E-state index contributed by atoms with van der Waals surface area (Å²) in [7, 11) is 1.80. The maximum atomic E-state index is 12.4. The van der Waals surface area contributed by atoms with Crippen LogP contribution < -0.4 is 5.32 Å². The highest BCUT2D eigenvalue weighted by atomic mass is 35.5. The van der Waals surface area contributed by atoms with E-state index in [2.05, 4.69) is 5.32 Å². The van der Waals surface area contributed by atoms with Gasteiger partial charge in [0.1, 0.15) is 10.8 Å². The van der Waals surface area contributed by atoms with Crippen molar-refractivity contribution in [1.29, 1.82) is 0 Å². The number of allylic oxidation sites excluding steroid dienone is 1. The molecule has 0 bridgehead atoms. The summed E-state index contributed by atoms with van der Waals surface area (Å²) in [5.41, 5.74) is 1.71. The minimum atomic E-state index is -0.642. The van der Waals surface area contributed by atoms with E-state index < -0.39 is 11.8 Å². The molecule has 1 aromatic carbocycles. The van der Waals surface area contributed by atoms with Crippen molar-refractivity contribution >= 4 is 46.3 Å². The summed E-state index contributed by atoms with van der Waals surface area (Å²) in [5.74, 6) is -0.712. The molecule has 0 amide bonds. The number of ketones is 1. The number of rotatable bonds is 1. The van der Waals surface area contributed by atoms with Gasteiger partial charge < -0.3 is 20.4 Å². The number of benzene rings is 1. The fourth-order valence-electron chi connectivity index (χ4n) is 3.01. The van der Waals surface area contributed by atoms with Gasteiger partial charge in [-0.05, 0) is 31.1 Å². The predicted molar refractivity (Wildman–Crippen MR) is 91.9 cm³/mol. The second-order valence-electron chi connectivity index (χ2n) is 5.54. The lowest BCUT2D eigenvalue weighted by atomic mass is 9.84. The highest BCUT2D eigenvalue weighted by molar-refractivity contribution is 7.80. The molecule has 0 spiro atoms. The number of halogens is 2. The van der Waals surface area contributed by atoms with Crippen molar-refractivity contribution in [2.24, 2.45) is 0 Å². The van der Waals surface area contributed by atoms with E-state index in [9.17, 15) is 15.0 Å². The van der Waals surface area contributed by atoms with Crippen LogP contribution in [0.1, 0.15) is 30.9 Å². The second-order valence-corrected chi connectivity index (χ2v) is 6.71. The summed E-state index contributed by atoms with van der Waals surface area (Å²) in [6.45, 7) is 0. The minimum absolute atomic E-state index is 0.000134. The van der Waals surface area contributed by atoms with Gasteiger partial charge in [-0.3, -0.25) is 4.79 Å². The number of Topliss-reactive ketones (excluding diaryl/α,β-unsaturated/α-hetero) is 1. The van der Waals surface area contributed by atoms with Gasteiger partial charge in [0.15, 0.2) is 16.6 Å². The molecule has 0 fully saturated rings. The number of aromatic hydroxyl groups is 2. The number of carbonyl (C=O) groups excluding carboxylic acids is 1. The molecule has 1 aromatic rings. The minimum Gasteiger partial charge on any atom is -0.506 e. The number of nitrogens with zero attached hydrogens (tertiary/aromatic N) is 1. The van der Waals surface area contributed by atoms with Gasteiger partial charge in [0.25, 0.3) is 0 Å². The van der Waals surface area contributed by atoms with Gasteiger partial charge in [-0.15, -0.1) is 0 Å². The van der Waals surface area contributed by atoms with E-state index >= 15 is 0 Å². The van der Waals surface area contributed by atoms with Crippen LogP contribution in [0.4, 0.5) is 0 Å². The molecule has 0 saturated carbocycles. The zero-order chi connectivity index (χ0) is 16.9. The Bertz CT molecular complexity index is 764. The first-order valence-electron chi connectivity index (χ1n) is 7.03. The monoisotopic (exact) mass is 372 g/mol. The normalized spacial score (nSPS) is 21.3. The van der Waals surface area contributed by atoms with E-state index in [0.717, 1.165) is 18.5 Å². The van der Waals surface area contributed by atoms with Crippen molar-refractivity contribution in [3.63, 3.8) is 0 Å². The number of hydrogen-bond acceptors (Lipinski definition) is 4. The van der Waals surface area contributed by atoms with Crippen molar-refractivity contribution in [3.8, 4) is 11.5 Å². The van der Waals surface area contributed by atoms with E-state index in [1.807, 2.05) is 0 Å². The van der Waals surface area contributed by atoms with Crippen LogP contribution in [0, 0.1) is 0 Å². The maximum Gasteiger partial charge on any atom is 0.173 e. The lowest BCUT2D eigenvalue weighted by Gasteiger charge is -2.39. The van der Waals surface area contributed by atoms with Gasteiger partial charge in [-0.25, -0.2) is 0 Å². The van der Waals surface area contributed by atoms with Crippen molar-refractivity contribution in [2.45, 2.75) is 25.3 Å². The highest BCUT2D eigenvalue weighted by Crippen LogP contribution is 2.46. The first-order valence-corrected chi connectivity index (χ1v) is 8.19.